The maximum absolute atomic E-state index is 10.9. The Hall–Kier alpha value is -1.58. The van der Waals surface area contributed by atoms with E-state index in [0.29, 0.717) is 6.04 Å². The molecule has 0 heterocycles. The number of nitrogens with zero attached hydrogens (tertiary/aromatic N) is 1. The molecule has 0 aliphatic heterocycles. The Morgan fingerprint density at radius 2 is 1.95 bits per heavy atom. The number of benzene rings is 1. The number of anilines is 1. The lowest BCUT2D eigenvalue weighted by Gasteiger charge is -2.13. The van der Waals surface area contributed by atoms with Crippen LogP contribution < -0.4 is 5.32 Å². The quantitative estimate of drug-likeness (QED) is 0.668. The van der Waals surface area contributed by atoms with Crippen LogP contribution in [0.15, 0.2) is 18.2 Å². The Morgan fingerprint density at radius 1 is 1.26 bits per heavy atom. The second-order valence-electron chi connectivity index (χ2n) is 6.41. The Morgan fingerprint density at radius 3 is 2.58 bits per heavy atom. The standard InChI is InChI=1S/C15H18N2O2/c1-8-2-5-11(17(18)19)7-12(8)16-15-13-9-3-4-10(6-9)14(13)15/h2,5,7,9-10,13-16H,3-4,6H2,1H3. The molecule has 1 N–H and O–H groups in total. The van der Waals surface area contributed by atoms with Gasteiger partial charge in [0, 0.05) is 23.9 Å². The Balaban J connectivity index is 1.55. The van der Waals surface area contributed by atoms with Crippen LogP contribution in [0.3, 0.4) is 0 Å². The first kappa shape index (κ1) is 11.3. The van der Waals surface area contributed by atoms with Crippen molar-refractivity contribution in [1.82, 2.24) is 0 Å². The van der Waals surface area contributed by atoms with Crippen LogP contribution in [0, 0.1) is 40.7 Å². The summed E-state index contributed by atoms with van der Waals surface area (Å²) in [6.45, 7) is 2.01. The topological polar surface area (TPSA) is 55.2 Å². The summed E-state index contributed by atoms with van der Waals surface area (Å²) in [7, 11) is 0. The number of nitro benzene ring substituents is 1. The Labute approximate surface area is 112 Å². The number of fused-ring (bicyclic) bond motifs is 5. The van der Waals surface area contributed by atoms with Gasteiger partial charge in [-0.05, 0) is 55.4 Å². The summed E-state index contributed by atoms with van der Waals surface area (Å²) in [4.78, 5) is 10.5. The van der Waals surface area contributed by atoms with E-state index in [-0.39, 0.29) is 10.6 Å². The van der Waals surface area contributed by atoms with Gasteiger partial charge in [0.15, 0.2) is 0 Å². The summed E-state index contributed by atoms with van der Waals surface area (Å²) in [6.07, 6.45) is 4.23. The van der Waals surface area contributed by atoms with Crippen LogP contribution in [-0.4, -0.2) is 11.0 Å². The van der Waals surface area contributed by atoms with Crippen molar-refractivity contribution >= 4 is 11.4 Å². The highest BCUT2D eigenvalue weighted by Crippen LogP contribution is 2.66. The number of non-ortho nitro benzene ring substituents is 1. The van der Waals surface area contributed by atoms with Gasteiger partial charge in [-0.3, -0.25) is 10.1 Å². The van der Waals surface area contributed by atoms with E-state index in [1.807, 2.05) is 13.0 Å². The average Bonchev–Trinajstić information content (AvgIpc) is 2.79. The third-order valence-electron chi connectivity index (χ3n) is 5.49. The van der Waals surface area contributed by atoms with Crippen LogP contribution in [0.1, 0.15) is 24.8 Å². The van der Waals surface area contributed by atoms with E-state index in [1.165, 1.54) is 19.3 Å². The third kappa shape index (κ3) is 1.58. The first-order valence-electron chi connectivity index (χ1n) is 7.17. The van der Waals surface area contributed by atoms with E-state index in [0.717, 1.165) is 34.9 Å². The third-order valence-corrected chi connectivity index (χ3v) is 5.49. The van der Waals surface area contributed by atoms with E-state index >= 15 is 0 Å². The van der Waals surface area contributed by atoms with Gasteiger partial charge in [0.1, 0.15) is 0 Å². The van der Waals surface area contributed by atoms with Crippen molar-refractivity contribution in [3.8, 4) is 0 Å². The van der Waals surface area contributed by atoms with Gasteiger partial charge in [0.2, 0.25) is 0 Å². The van der Waals surface area contributed by atoms with Crippen molar-refractivity contribution in [3.05, 3.63) is 33.9 Å². The minimum absolute atomic E-state index is 0.182. The fourth-order valence-corrected chi connectivity index (χ4v) is 4.58. The van der Waals surface area contributed by atoms with Crippen molar-refractivity contribution in [2.24, 2.45) is 23.7 Å². The lowest BCUT2D eigenvalue weighted by atomic mass is 10.0. The number of nitrogens with one attached hydrogen (secondary N) is 1. The smallest absolute Gasteiger partial charge is 0.271 e. The zero-order chi connectivity index (χ0) is 13.1. The normalized spacial score (nSPS) is 38.1. The minimum Gasteiger partial charge on any atom is -0.381 e. The summed E-state index contributed by atoms with van der Waals surface area (Å²) < 4.78 is 0. The summed E-state index contributed by atoms with van der Waals surface area (Å²) in [6, 6.07) is 5.68. The molecular weight excluding hydrogens is 240 g/mol. The molecule has 4 unspecified atom stereocenters. The number of aryl methyl sites for hydroxylation is 1. The van der Waals surface area contributed by atoms with E-state index in [1.54, 1.807) is 12.1 Å². The lowest BCUT2D eigenvalue weighted by molar-refractivity contribution is -0.384. The van der Waals surface area contributed by atoms with Crippen molar-refractivity contribution in [2.45, 2.75) is 32.2 Å². The maximum atomic E-state index is 10.9. The first-order chi connectivity index (χ1) is 9.15. The van der Waals surface area contributed by atoms with Gasteiger partial charge in [0.25, 0.3) is 5.69 Å². The number of rotatable bonds is 3. The van der Waals surface area contributed by atoms with Gasteiger partial charge in [-0.15, -0.1) is 0 Å². The molecule has 4 atom stereocenters. The largest absolute Gasteiger partial charge is 0.381 e. The summed E-state index contributed by atoms with van der Waals surface area (Å²) in [5.74, 6) is 3.54. The second kappa shape index (κ2) is 3.71. The van der Waals surface area contributed by atoms with Crippen molar-refractivity contribution in [1.29, 1.82) is 0 Å². The zero-order valence-corrected chi connectivity index (χ0v) is 11.0. The molecular formula is C15H18N2O2. The van der Waals surface area contributed by atoms with Crippen LogP contribution in [0.2, 0.25) is 0 Å². The summed E-state index contributed by atoms with van der Waals surface area (Å²) in [5.41, 5.74) is 2.23. The van der Waals surface area contributed by atoms with Gasteiger partial charge >= 0.3 is 0 Å². The van der Waals surface area contributed by atoms with Crippen LogP contribution in [-0.2, 0) is 0 Å². The molecule has 2 bridgehead atoms. The van der Waals surface area contributed by atoms with Gasteiger partial charge in [-0.25, -0.2) is 0 Å². The summed E-state index contributed by atoms with van der Waals surface area (Å²) in [5, 5.41) is 14.4. The molecule has 4 heteroatoms. The number of hydrogen-bond acceptors (Lipinski definition) is 3. The molecule has 3 saturated carbocycles. The fraction of sp³-hybridized carbons (Fsp3) is 0.600. The van der Waals surface area contributed by atoms with Gasteiger partial charge in [0.05, 0.1) is 4.92 Å². The molecule has 3 aliphatic rings. The van der Waals surface area contributed by atoms with Gasteiger partial charge in [-0.1, -0.05) is 6.07 Å². The molecule has 19 heavy (non-hydrogen) atoms. The monoisotopic (exact) mass is 258 g/mol. The van der Waals surface area contributed by atoms with E-state index in [9.17, 15) is 10.1 Å². The zero-order valence-electron chi connectivity index (χ0n) is 11.0. The minimum atomic E-state index is -0.317. The van der Waals surface area contributed by atoms with Crippen LogP contribution in [0.5, 0.6) is 0 Å². The highest BCUT2D eigenvalue weighted by Gasteiger charge is 2.65. The number of nitro groups is 1. The van der Waals surface area contributed by atoms with Crippen LogP contribution in [0.4, 0.5) is 11.4 Å². The second-order valence-corrected chi connectivity index (χ2v) is 6.41. The van der Waals surface area contributed by atoms with Crippen molar-refractivity contribution < 1.29 is 4.92 Å². The van der Waals surface area contributed by atoms with E-state index in [2.05, 4.69) is 5.32 Å². The Kier molecular flexibility index (Phi) is 2.20. The highest BCUT2D eigenvalue weighted by atomic mass is 16.6. The predicted octanol–water partition coefficient (Wildman–Crippen LogP) is 3.36. The molecule has 0 saturated heterocycles. The van der Waals surface area contributed by atoms with Crippen LogP contribution in [0.25, 0.3) is 0 Å². The molecule has 0 amide bonds. The van der Waals surface area contributed by atoms with Crippen LogP contribution >= 0.6 is 0 Å². The molecule has 0 radical (unpaired) electrons. The molecule has 1 aromatic carbocycles. The predicted molar refractivity (Wildman–Crippen MR) is 73.1 cm³/mol. The molecule has 4 rings (SSSR count). The fourth-order valence-electron chi connectivity index (χ4n) is 4.58. The Bertz CT molecular complexity index is 541. The average molecular weight is 258 g/mol. The molecule has 3 fully saturated rings. The lowest BCUT2D eigenvalue weighted by Crippen LogP contribution is -2.13. The summed E-state index contributed by atoms with van der Waals surface area (Å²) >= 11 is 0. The number of hydrogen-bond donors (Lipinski definition) is 1. The first-order valence-corrected chi connectivity index (χ1v) is 7.17. The molecule has 4 nitrogen and oxygen atoms in total. The highest BCUT2D eigenvalue weighted by molar-refractivity contribution is 5.58. The van der Waals surface area contributed by atoms with E-state index in [4.69, 9.17) is 0 Å². The van der Waals surface area contributed by atoms with E-state index < -0.39 is 0 Å². The van der Waals surface area contributed by atoms with Gasteiger partial charge < -0.3 is 5.32 Å². The SMILES string of the molecule is Cc1ccc([N+](=O)[O-])cc1NC1C2C3CCC(C3)C12. The molecule has 0 spiro atoms. The molecule has 0 aromatic heterocycles. The van der Waals surface area contributed by atoms with Gasteiger partial charge in [-0.2, -0.15) is 0 Å². The maximum Gasteiger partial charge on any atom is 0.271 e. The molecule has 1 aromatic rings. The van der Waals surface area contributed by atoms with Crippen molar-refractivity contribution in [2.75, 3.05) is 5.32 Å². The molecule has 3 aliphatic carbocycles. The molecule has 100 valence electrons. The van der Waals surface area contributed by atoms with Crippen molar-refractivity contribution in [3.63, 3.8) is 0 Å².